The quantitative estimate of drug-likeness (QED) is 0.449. The number of fused-ring (bicyclic) bond motifs is 1. The number of benzene rings is 2. The van der Waals surface area contributed by atoms with E-state index in [1.807, 2.05) is 24.3 Å². The third-order valence-corrected chi connectivity index (χ3v) is 4.54. The van der Waals surface area contributed by atoms with Crippen LogP contribution in [0.3, 0.4) is 0 Å². The number of carbonyl (C=O) groups is 1. The van der Waals surface area contributed by atoms with E-state index in [-0.39, 0.29) is 29.2 Å². The van der Waals surface area contributed by atoms with Gasteiger partial charge in [0, 0.05) is 16.7 Å². The van der Waals surface area contributed by atoms with Crippen molar-refractivity contribution in [3.8, 4) is 11.4 Å². The van der Waals surface area contributed by atoms with Crippen LogP contribution in [0.25, 0.3) is 22.4 Å². The summed E-state index contributed by atoms with van der Waals surface area (Å²) in [5.41, 5.74) is 1.84. The molecule has 8 heteroatoms. The Kier molecular flexibility index (Phi) is 5.14. The van der Waals surface area contributed by atoms with Gasteiger partial charge >= 0.3 is 5.97 Å². The highest BCUT2D eigenvalue weighted by atomic mass is 35.5. The van der Waals surface area contributed by atoms with Crippen LogP contribution in [-0.4, -0.2) is 16.1 Å². The molecule has 0 atom stereocenters. The highest BCUT2D eigenvalue weighted by Crippen LogP contribution is 2.19. The van der Waals surface area contributed by atoms with Gasteiger partial charge in [-0.25, -0.2) is 4.79 Å². The van der Waals surface area contributed by atoms with Crippen molar-refractivity contribution in [1.82, 2.24) is 10.1 Å². The van der Waals surface area contributed by atoms with E-state index < -0.39 is 11.4 Å². The Labute approximate surface area is 169 Å². The number of halogens is 1. The van der Waals surface area contributed by atoms with Gasteiger partial charge in [0.25, 0.3) is 5.89 Å². The highest BCUT2D eigenvalue weighted by molar-refractivity contribution is 6.31. The lowest BCUT2D eigenvalue weighted by atomic mass is 10.1. The number of aromatic nitrogens is 2. The van der Waals surface area contributed by atoms with Gasteiger partial charge in [0.2, 0.25) is 11.6 Å². The topological polar surface area (TPSA) is 95.4 Å². The van der Waals surface area contributed by atoms with Crippen LogP contribution in [0.5, 0.6) is 0 Å². The van der Waals surface area contributed by atoms with E-state index in [2.05, 4.69) is 17.1 Å². The minimum atomic E-state index is -0.814. The minimum absolute atomic E-state index is 0.128. The summed E-state index contributed by atoms with van der Waals surface area (Å²) in [6.07, 6.45) is 0.936. The van der Waals surface area contributed by atoms with Crippen LogP contribution in [-0.2, 0) is 17.8 Å². The Morgan fingerprint density at radius 3 is 2.69 bits per heavy atom. The largest absolute Gasteiger partial charge is 0.450 e. The molecule has 0 radical (unpaired) electrons. The second-order valence-corrected chi connectivity index (χ2v) is 6.69. The fourth-order valence-electron chi connectivity index (χ4n) is 2.75. The average molecular weight is 411 g/mol. The molecule has 2 aromatic heterocycles. The first-order valence-electron chi connectivity index (χ1n) is 8.86. The first kappa shape index (κ1) is 18.9. The third kappa shape index (κ3) is 4.05. The second-order valence-electron chi connectivity index (χ2n) is 6.25. The van der Waals surface area contributed by atoms with Gasteiger partial charge in [-0.05, 0) is 30.2 Å². The first-order valence-corrected chi connectivity index (χ1v) is 9.23. The molecule has 4 aromatic rings. The van der Waals surface area contributed by atoms with Crippen LogP contribution >= 0.6 is 11.6 Å². The fraction of sp³-hybridized carbons (Fsp3) is 0.143. The van der Waals surface area contributed by atoms with Crippen LogP contribution in [0, 0.1) is 0 Å². The molecule has 2 heterocycles. The number of aryl methyl sites for hydroxylation is 1. The van der Waals surface area contributed by atoms with Gasteiger partial charge in [0.1, 0.15) is 5.58 Å². The summed E-state index contributed by atoms with van der Waals surface area (Å²) in [5.74, 6) is -0.513. The molecule has 2 aromatic carbocycles. The van der Waals surface area contributed by atoms with Crippen molar-refractivity contribution in [3.63, 3.8) is 0 Å². The van der Waals surface area contributed by atoms with Gasteiger partial charge in [0.05, 0.1) is 5.39 Å². The lowest BCUT2D eigenvalue weighted by molar-refractivity contribution is 0.0394. The van der Waals surface area contributed by atoms with Crippen molar-refractivity contribution in [3.05, 3.63) is 81.0 Å². The Morgan fingerprint density at radius 2 is 1.93 bits per heavy atom. The Morgan fingerprint density at radius 1 is 1.14 bits per heavy atom. The molecule has 7 nitrogen and oxygen atoms in total. The molecular formula is C21H15ClN2O5. The molecule has 0 aliphatic rings. The van der Waals surface area contributed by atoms with Gasteiger partial charge in [-0.3, -0.25) is 4.79 Å². The maximum Gasteiger partial charge on any atom is 0.374 e. The highest BCUT2D eigenvalue weighted by Gasteiger charge is 2.16. The van der Waals surface area contributed by atoms with Crippen molar-refractivity contribution in [2.75, 3.05) is 0 Å². The maximum absolute atomic E-state index is 12.3. The van der Waals surface area contributed by atoms with E-state index in [0.717, 1.165) is 18.1 Å². The summed E-state index contributed by atoms with van der Waals surface area (Å²) in [5, 5.41) is 4.57. The van der Waals surface area contributed by atoms with Crippen LogP contribution in [0.4, 0.5) is 0 Å². The van der Waals surface area contributed by atoms with Crippen molar-refractivity contribution >= 4 is 28.5 Å². The lowest BCUT2D eigenvalue weighted by Gasteiger charge is -2.03. The summed E-state index contributed by atoms with van der Waals surface area (Å²) < 4.78 is 15.7. The SMILES string of the molecule is CCc1ccc(-c2noc(COC(=O)c3cc(=O)c4cc(Cl)ccc4o3)n2)cc1. The Balaban J connectivity index is 1.47. The smallest absolute Gasteiger partial charge is 0.374 e. The maximum atomic E-state index is 12.3. The number of ether oxygens (including phenoxy) is 1. The van der Waals surface area contributed by atoms with Crippen molar-refractivity contribution < 1.29 is 18.5 Å². The van der Waals surface area contributed by atoms with Crippen LogP contribution in [0.1, 0.15) is 28.9 Å². The number of nitrogens with zero attached hydrogens (tertiary/aromatic N) is 2. The minimum Gasteiger partial charge on any atom is -0.450 e. The van der Waals surface area contributed by atoms with Crippen molar-refractivity contribution in [1.29, 1.82) is 0 Å². The molecule has 0 unspecified atom stereocenters. The zero-order chi connectivity index (χ0) is 20.4. The van der Waals surface area contributed by atoms with Crippen molar-refractivity contribution in [2.24, 2.45) is 0 Å². The van der Waals surface area contributed by atoms with Crippen molar-refractivity contribution in [2.45, 2.75) is 20.0 Å². The molecule has 0 aliphatic carbocycles. The fourth-order valence-corrected chi connectivity index (χ4v) is 2.92. The summed E-state index contributed by atoms with van der Waals surface area (Å²) >= 11 is 5.88. The number of carbonyl (C=O) groups excluding carboxylic acids is 1. The predicted octanol–water partition coefficient (Wildman–Crippen LogP) is 4.42. The van der Waals surface area contributed by atoms with Gasteiger partial charge in [-0.15, -0.1) is 0 Å². The molecule has 0 spiro atoms. The summed E-state index contributed by atoms with van der Waals surface area (Å²) in [6, 6.07) is 13.4. The van der Waals surface area contributed by atoms with E-state index in [9.17, 15) is 9.59 Å². The zero-order valence-electron chi connectivity index (χ0n) is 15.3. The number of hydrogen-bond donors (Lipinski definition) is 0. The molecule has 0 saturated carbocycles. The zero-order valence-corrected chi connectivity index (χ0v) is 16.1. The van der Waals surface area contributed by atoms with E-state index in [4.69, 9.17) is 25.3 Å². The molecule has 146 valence electrons. The summed E-state index contributed by atoms with van der Waals surface area (Å²) in [6.45, 7) is 1.82. The van der Waals surface area contributed by atoms with E-state index in [0.29, 0.717) is 10.8 Å². The van der Waals surface area contributed by atoms with E-state index in [1.165, 1.54) is 17.7 Å². The normalized spacial score (nSPS) is 11.0. The van der Waals surface area contributed by atoms with Crippen LogP contribution in [0.2, 0.25) is 5.02 Å². The predicted molar refractivity (Wildman–Crippen MR) is 106 cm³/mol. The molecule has 0 amide bonds. The third-order valence-electron chi connectivity index (χ3n) is 4.31. The molecule has 0 aliphatic heterocycles. The van der Waals surface area contributed by atoms with Gasteiger partial charge < -0.3 is 13.7 Å². The Hall–Kier alpha value is -3.45. The second kappa shape index (κ2) is 7.89. The van der Waals surface area contributed by atoms with Crippen LogP contribution < -0.4 is 5.43 Å². The first-order chi connectivity index (χ1) is 14.0. The number of rotatable bonds is 5. The monoisotopic (exact) mass is 410 g/mol. The number of hydrogen-bond acceptors (Lipinski definition) is 7. The molecule has 4 rings (SSSR count). The van der Waals surface area contributed by atoms with Gasteiger partial charge in [-0.2, -0.15) is 4.98 Å². The molecule has 0 N–H and O–H groups in total. The van der Waals surface area contributed by atoms with E-state index >= 15 is 0 Å². The summed E-state index contributed by atoms with van der Waals surface area (Å²) in [7, 11) is 0. The average Bonchev–Trinajstić information content (AvgIpc) is 3.21. The molecular weight excluding hydrogens is 396 g/mol. The molecule has 0 fully saturated rings. The number of esters is 1. The van der Waals surface area contributed by atoms with Crippen LogP contribution in [0.15, 0.2) is 62.3 Å². The molecule has 0 saturated heterocycles. The van der Waals surface area contributed by atoms with E-state index in [1.54, 1.807) is 6.07 Å². The Bertz CT molecular complexity index is 1240. The molecule has 29 heavy (non-hydrogen) atoms. The van der Waals surface area contributed by atoms with Gasteiger partial charge in [0.15, 0.2) is 12.0 Å². The molecule has 0 bridgehead atoms. The lowest BCUT2D eigenvalue weighted by Crippen LogP contribution is -2.10. The standard InChI is InChI=1S/C21H15ClN2O5/c1-2-12-3-5-13(6-4-12)20-23-19(29-24-20)11-27-21(26)18-10-16(25)15-9-14(22)7-8-17(15)28-18/h3-10H,2,11H2,1H3. The van der Waals surface area contributed by atoms with Gasteiger partial charge in [-0.1, -0.05) is 47.9 Å². The summed E-state index contributed by atoms with van der Waals surface area (Å²) in [4.78, 5) is 28.6.